The molecule has 5 nitrogen and oxygen atoms in total. The number of rotatable bonds is 2. The predicted molar refractivity (Wildman–Crippen MR) is 69.5 cm³/mol. The number of amides is 2. The van der Waals surface area contributed by atoms with Crippen LogP contribution in [0.15, 0.2) is 0 Å². The number of imide groups is 1. The third-order valence-electron chi connectivity index (χ3n) is 4.68. The molecule has 0 aromatic rings. The van der Waals surface area contributed by atoms with Crippen LogP contribution in [-0.2, 0) is 14.3 Å². The summed E-state index contributed by atoms with van der Waals surface area (Å²) < 4.78 is 6.00. The van der Waals surface area contributed by atoms with Gasteiger partial charge in [0, 0.05) is 19.1 Å². The topological polar surface area (TPSA) is 67.4 Å². The van der Waals surface area contributed by atoms with E-state index in [4.69, 9.17) is 4.74 Å². The second-order valence-corrected chi connectivity index (χ2v) is 6.10. The lowest BCUT2D eigenvalue weighted by Crippen LogP contribution is -2.56. The number of carbonyl (C=O) groups excluding carboxylic acids is 2. The van der Waals surface area contributed by atoms with Gasteiger partial charge in [-0.15, -0.1) is 0 Å². The van der Waals surface area contributed by atoms with Crippen LogP contribution >= 0.6 is 0 Å². The van der Waals surface area contributed by atoms with Crippen molar-refractivity contribution in [1.82, 2.24) is 10.6 Å². The Kier molecular flexibility index (Phi) is 3.58. The van der Waals surface area contributed by atoms with Crippen molar-refractivity contribution in [1.29, 1.82) is 0 Å². The fourth-order valence-electron chi connectivity index (χ4n) is 3.67. The van der Waals surface area contributed by atoms with Crippen LogP contribution in [0.1, 0.15) is 51.4 Å². The van der Waals surface area contributed by atoms with Crippen LogP contribution in [-0.4, -0.2) is 36.1 Å². The Hall–Kier alpha value is -0.940. The summed E-state index contributed by atoms with van der Waals surface area (Å²) in [6, 6.07) is 0.134. The molecule has 5 heteroatoms. The largest absolute Gasteiger partial charge is 0.375 e. The van der Waals surface area contributed by atoms with Crippen LogP contribution in [0.25, 0.3) is 0 Å². The van der Waals surface area contributed by atoms with Gasteiger partial charge in [-0.25, -0.2) is 0 Å². The van der Waals surface area contributed by atoms with Crippen molar-refractivity contribution < 1.29 is 14.3 Å². The Labute approximate surface area is 113 Å². The van der Waals surface area contributed by atoms with Crippen molar-refractivity contribution in [3.8, 4) is 0 Å². The van der Waals surface area contributed by atoms with Crippen LogP contribution in [0.2, 0.25) is 0 Å². The summed E-state index contributed by atoms with van der Waals surface area (Å²) in [4.78, 5) is 22.9. The van der Waals surface area contributed by atoms with Gasteiger partial charge in [-0.3, -0.25) is 14.9 Å². The number of hydrogen-bond acceptors (Lipinski definition) is 4. The minimum Gasteiger partial charge on any atom is -0.375 e. The number of carbonyl (C=O) groups is 2. The predicted octanol–water partition coefficient (Wildman–Crippen LogP) is 0.873. The summed E-state index contributed by atoms with van der Waals surface area (Å²) in [5.74, 6) is -0.314. The van der Waals surface area contributed by atoms with Crippen molar-refractivity contribution in [2.24, 2.45) is 0 Å². The van der Waals surface area contributed by atoms with Crippen molar-refractivity contribution in [3.63, 3.8) is 0 Å². The monoisotopic (exact) mass is 266 g/mol. The van der Waals surface area contributed by atoms with Gasteiger partial charge in [-0.05, 0) is 32.1 Å². The van der Waals surface area contributed by atoms with E-state index in [0.717, 1.165) is 32.3 Å². The molecule has 2 aliphatic heterocycles. The molecule has 2 amide bonds. The number of ether oxygens (including phenoxy) is 1. The van der Waals surface area contributed by atoms with E-state index in [1.54, 1.807) is 0 Å². The minimum absolute atomic E-state index is 0.0663. The average Bonchev–Trinajstić information content (AvgIpc) is 2.81. The summed E-state index contributed by atoms with van der Waals surface area (Å²) in [6.45, 7) is 0.783. The molecular weight excluding hydrogens is 244 g/mol. The molecule has 3 rings (SSSR count). The molecule has 2 N–H and O–H groups in total. The Morgan fingerprint density at radius 2 is 2.00 bits per heavy atom. The summed E-state index contributed by atoms with van der Waals surface area (Å²) in [7, 11) is 0. The maximum atomic E-state index is 11.8. The van der Waals surface area contributed by atoms with Gasteiger partial charge in [0.05, 0.1) is 11.6 Å². The molecule has 0 bridgehead atoms. The van der Waals surface area contributed by atoms with E-state index in [-0.39, 0.29) is 23.5 Å². The van der Waals surface area contributed by atoms with Crippen LogP contribution in [0.4, 0.5) is 0 Å². The van der Waals surface area contributed by atoms with E-state index in [1.165, 1.54) is 12.8 Å². The molecule has 1 saturated carbocycles. The third-order valence-corrected chi connectivity index (χ3v) is 4.68. The van der Waals surface area contributed by atoms with Crippen LogP contribution < -0.4 is 10.6 Å². The van der Waals surface area contributed by atoms with E-state index in [1.807, 2.05) is 0 Å². The SMILES string of the molecule is O=C1CCC(NC2CCOC3(CCCC3)C2)C(=O)N1. The molecular formula is C14H22N2O3. The molecule has 0 aromatic heterocycles. The highest BCUT2D eigenvalue weighted by Crippen LogP contribution is 2.40. The van der Waals surface area contributed by atoms with Crippen molar-refractivity contribution >= 4 is 11.8 Å². The highest BCUT2D eigenvalue weighted by atomic mass is 16.5. The standard InChI is InChI=1S/C14H22N2O3/c17-12-4-3-11(13(18)16-12)15-10-5-8-19-14(9-10)6-1-2-7-14/h10-11,15H,1-9H2,(H,16,17,18). The normalized spacial score (nSPS) is 34.5. The fourth-order valence-corrected chi connectivity index (χ4v) is 3.67. The smallest absolute Gasteiger partial charge is 0.243 e. The van der Waals surface area contributed by atoms with Gasteiger partial charge in [0.1, 0.15) is 0 Å². The van der Waals surface area contributed by atoms with E-state index in [0.29, 0.717) is 18.9 Å². The first-order chi connectivity index (χ1) is 9.17. The second kappa shape index (κ2) is 5.21. The number of piperidine rings is 1. The van der Waals surface area contributed by atoms with Gasteiger partial charge in [-0.2, -0.15) is 0 Å². The van der Waals surface area contributed by atoms with Crippen molar-refractivity contribution in [3.05, 3.63) is 0 Å². The minimum atomic E-state index is -0.209. The van der Waals surface area contributed by atoms with Crippen LogP contribution in [0, 0.1) is 0 Å². The molecule has 1 aliphatic carbocycles. The summed E-state index contributed by atoms with van der Waals surface area (Å²) in [5.41, 5.74) is 0.0663. The van der Waals surface area contributed by atoms with Gasteiger partial charge in [-0.1, -0.05) is 12.8 Å². The Balaban J connectivity index is 1.57. The van der Waals surface area contributed by atoms with Crippen LogP contribution in [0.3, 0.4) is 0 Å². The molecule has 3 aliphatic rings. The lowest BCUT2D eigenvalue weighted by molar-refractivity contribution is -0.135. The second-order valence-electron chi connectivity index (χ2n) is 6.10. The lowest BCUT2D eigenvalue weighted by Gasteiger charge is -2.40. The van der Waals surface area contributed by atoms with E-state index in [9.17, 15) is 9.59 Å². The number of nitrogens with one attached hydrogen (secondary N) is 2. The maximum absolute atomic E-state index is 11.8. The first-order valence-corrected chi connectivity index (χ1v) is 7.41. The van der Waals surface area contributed by atoms with E-state index < -0.39 is 0 Å². The molecule has 3 fully saturated rings. The lowest BCUT2D eigenvalue weighted by atomic mass is 9.88. The van der Waals surface area contributed by atoms with E-state index in [2.05, 4.69) is 10.6 Å². The molecule has 0 aromatic carbocycles. The molecule has 19 heavy (non-hydrogen) atoms. The molecule has 2 atom stereocenters. The average molecular weight is 266 g/mol. The summed E-state index contributed by atoms with van der Waals surface area (Å²) in [6.07, 6.45) is 7.84. The zero-order valence-electron chi connectivity index (χ0n) is 11.2. The van der Waals surface area contributed by atoms with Gasteiger partial charge in [0.25, 0.3) is 0 Å². The molecule has 0 radical (unpaired) electrons. The Morgan fingerprint density at radius 3 is 2.74 bits per heavy atom. The molecule has 1 spiro atoms. The highest BCUT2D eigenvalue weighted by molar-refractivity contribution is 6.00. The Bertz CT molecular complexity index is 377. The zero-order chi connectivity index (χ0) is 13.3. The first-order valence-electron chi connectivity index (χ1n) is 7.41. The quantitative estimate of drug-likeness (QED) is 0.728. The maximum Gasteiger partial charge on any atom is 0.243 e. The van der Waals surface area contributed by atoms with Gasteiger partial charge in [0.2, 0.25) is 11.8 Å². The highest BCUT2D eigenvalue weighted by Gasteiger charge is 2.41. The summed E-state index contributed by atoms with van der Waals surface area (Å²) in [5, 5.41) is 5.84. The first kappa shape index (κ1) is 13.1. The van der Waals surface area contributed by atoms with Crippen molar-refractivity contribution in [2.75, 3.05) is 6.61 Å². The molecule has 2 saturated heterocycles. The molecule has 2 unspecified atom stereocenters. The van der Waals surface area contributed by atoms with E-state index >= 15 is 0 Å². The zero-order valence-corrected chi connectivity index (χ0v) is 11.2. The van der Waals surface area contributed by atoms with Crippen molar-refractivity contribution in [2.45, 2.75) is 69.1 Å². The molecule has 2 heterocycles. The fraction of sp³-hybridized carbons (Fsp3) is 0.857. The van der Waals surface area contributed by atoms with Gasteiger partial charge >= 0.3 is 0 Å². The summed E-state index contributed by atoms with van der Waals surface area (Å²) >= 11 is 0. The third kappa shape index (κ3) is 2.82. The van der Waals surface area contributed by atoms with Crippen LogP contribution in [0.5, 0.6) is 0 Å². The molecule has 106 valence electrons. The Morgan fingerprint density at radius 1 is 1.21 bits per heavy atom. The number of hydrogen-bond donors (Lipinski definition) is 2. The van der Waals surface area contributed by atoms with Gasteiger partial charge in [0.15, 0.2) is 0 Å². The van der Waals surface area contributed by atoms with Gasteiger partial charge < -0.3 is 10.1 Å².